The third-order valence-electron chi connectivity index (χ3n) is 3.19. The zero-order chi connectivity index (χ0) is 15.2. The molecule has 0 aliphatic carbocycles. The predicted octanol–water partition coefficient (Wildman–Crippen LogP) is 2.76. The number of rotatable bonds is 5. The standard InChI is InChI=1S/C16H17NO4/c1-21-15-9-11(6-7-14(15)18)8-12-4-2-3-5-13(12)10-17-16(19)20/h2-7,9,17-18H,8,10H2,1H3,(H,19,20). The van der Waals surface area contributed by atoms with Crippen molar-refractivity contribution in [2.75, 3.05) is 7.11 Å². The van der Waals surface area contributed by atoms with Crippen molar-refractivity contribution in [3.05, 3.63) is 59.2 Å². The summed E-state index contributed by atoms with van der Waals surface area (Å²) in [5.41, 5.74) is 2.93. The van der Waals surface area contributed by atoms with Crippen LogP contribution in [0.5, 0.6) is 11.5 Å². The van der Waals surface area contributed by atoms with E-state index in [2.05, 4.69) is 5.32 Å². The quantitative estimate of drug-likeness (QED) is 0.790. The lowest BCUT2D eigenvalue weighted by Gasteiger charge is -2.11. The third-order valence-corrected chi connectivity index (χ3v) is 3.19. The molecule has 0 saturated heterocycles. The van der Waals surface area contributed by atoms with Gasteiger partial charge in [-0.2, -0.15) is 0 Å². The number of phenols is 1. The van der Waals surface area contributed by atoms with Crippen LogP contribution in [0.4, 0.5) is 4.79 Å². The molecular formula is C16H17NO4. The first kappa shape index (κ1) is 14.7. The van der Waals surface area contributed by atoms with E-state index in [-0.39, 0.29) is 12.3 Å². The van der Waals surface area contributed by atoms with E-state index in [0.717, 1.165) is 16.7 Å². The Bertz CT molecular complexity index is 640. The highest BCUT2D eigenvalue weighted by Gasteiger charge is 2.07. The Kier molecular flexibility index (Phi) is 4.66. The number of nitrogens with one attached hydrogen (secondary N) is 1. The van der Waals surface area contributed by atoms with Gasteiger partial charge < -0.3 is 20.3 Å². The number of hydrogen-bond acceptors (Lipinski definition) is 3. The summed E-state index contributed by atoms with van der Waals surface area (Å²) >= 11 is 0. The van der Waals surface area contributed by atoms with Crippen LogP contribution in [0, 0.1) is 0 Å². The molecule has 0 bridgehead atoms. The largest absolute Gasteiger partial charge is 0.504 e. The summed E-state index contributed by atoms with van der Waals surface area (Å²) in [5.74, 6) is 0.524. The fourth-order valence-corrected chi connectivity index (χ4v) is 2.13. The van der Waals surface area contributed by atoms with E-state index in [1.165, 1.54) is 7.11 Å². The first-order valence-corrected chi connectivity index (χ1v) is 6.49. The summed E-state index contributed by atoms with van der Waals surface area (Å²) in [4.78, 5) is 10.6. The number of ether oxygens (including phenoxy) is 1. The maximum Gasteiger partial charge on any atom is 0.404 e. The summed E-state index contributed by atoms with van der Waals surface area (Å²) in [7, 11) is 1.50. The van der Waals surface area contributed by atoms with Gasteiger partial charge in [0.1, 0.15) is 0 Å². The molecule has 0 aromatic heterocycles. The molecule has 5 nitrogen and oxygen atoms in total. The van der Waals surface area contributed by atoms with Crippen molar-refractivity contribution < 1.29 is 19.7 Å². The molecule has 5 heteroatoms. The molecular weight excluding hydrogens is 270 g/mol. The average Bonchev–Trinajstić information content (AvgIpc) is 2.48. The Labute approximate surface area is 122 Å². The van der Waals surface area contributed by atoms with Gasteiger partial charge >= 0.3 is 6.09 Å². The van der Waals surface area contributed by atoms with Crippen LogP contribution in [0.25, 0.3) is 0 Å². The van der Waals surface area contributed by atoms with Crippen molar-refractivity contribution in [2.45, 2.75) is 13.0 Å². The number of methoxy groups -OCH3 is 1. The molecule has 0 aliphatic rings. The minimum Gasteiger partial charge on any atom is -0.504 e. The molecule has 110 valence electrons. The first-order valence-electron chi connectivity index (χ1n) is 6.49. The van der Waals surface area contributed by atoms with E-state index in [0.29, 0.717) is 12.2 Å². The van der Waals surface area contributed by atoms with Crippen molar-refractivity contribution in [1.82, 2.24) is 5.32 Å². The Morgan fingerprint density at radius 1 is 1.19 bits per heavy atom. The minimum atomic E-state index is -1.05. The van der Waals surface area contributed by atoms with E-state index in [1.807, 2.05) is 30.3 Å². The van der Waals surface area contributed by atoms with E-state index in [4.69, 9.17) is 9.84 Å². The number of aromatic hydroxyl groups is 1. The lowest BCUT2D eigenvalue weighted by Crippen LogP contribution is -2.20. The van der Waals surface area contributed by atoms with E-state index in [9.17, 15) is 9.90 Å². The summed E-state index contributed by atoms with van der Waals surface area (Å²) in [6, 6.07) is 12.8. The number of benzene rings is 2. The Balaban J connectivity index is 2.21. The van der Waals surface area contributed by atoms with Crippen LogP contribution in [0.2, 0.25) is 0 Å². The SMILES string of the molecule is COc1cc(Cc2ccccc2CNC(=O)O)ccc1O. The molecule has 0 atom stereocenters. The monoisotopic (exact) mass is 287 g/mol. The van der Waals surface area contributed by atoms with Gasteiger partial charge in [0.05, 0.1) is 7.11 Å². The van der Waals surface area contributed by atoms with Crippen LogP contribution in [0.15, 0.2) is 42.5 Å². The van der Waals surface area contributed by atoms with Gasteiger partial charge in [0, 0.05) is 6.54 Å². The molecule has 2 aromatic rings. The molecule has 0 fully saturated rings. The van der Waals surface area contributed by atoms with Gasteiger partial charge in [-0.05, 0) is 35.2 Å². The maximum atomic E-state index is 10.6. The summed E-state index contributed by atoms with van der Waals surface area (Å²) in [6.45, 7) is 0.265. The zero-order valence-corrected chi connectivity index (χ0v) is 11.7. The van der Waals surface area contributed by atoms with E-state index >= 15 is 0 Å². The highest BCUT2D eigenvalue weighted by molar-refractivity contribution is 5.64. The number of carbonyl (C=O) groups is 1. The molecule has 0 spiro atoms. The summed E-state index contributed by atoms with van der Waals surface area (Å²) in [5, 5.41) is 20.7. The van der Waals surface area contributed by atoms with Crippen LogP contribution in [-0.2, 0) is 13.0 Å². The second kappa shape index (κ2) is 6.65. The molecule has 2 rings (SSSR count). The highest BCUT2D eigenvalue weighted by Crippen LogP contribution is 2.27. The Morgan fingerprint density at radius 2 is 1.90 bits per heavy atom. The topological polar surface area (TPSA) is 78.8 Å². The predicted molar refractivity (Wildman–Crippen MR) is 78.8 cm³/mol. The Hall–Kier alpha value is -2.69. The van der Waals surface area contributed by atoms with Crippen molar-refractivity contribution in [2.24, 2.45) is 0 Å². The number of amides is 1. The molecule has 0 saturated carbocycles. The first-order chi connectivity index (χ1) is 10.1. The van der Waals surface area contributed by atoms with Gasteiger partial charge in [-0.25, -0.2) is 4.79 Å². The van der Waals surface area contributed by atoms with Crippen LogP contribution >= 0.6 is 0 Å². The normalized spacial score (nSPS) is 10.1. The number of phenolic OH excluding ortho intramolecular Hbond substituents is 1. The van der Waals surface area contributed by atoms with Crippen LogP contribution in [0.1, 0.15) is 16.7 Å². The zero-order valence-electron chi connectivity index (χ0n) is 11.7. The fraction of sp³-hybridized carbons (Fsp3) is 0.188. The number of carboxylic acid groups (broad SMARTS) is 1. The van der Waals surface area contributed by atoms with Crippen molar-refractivity contribution in [1.29, 1.82) is 0 Å². The highest BCUT2D eigenvalue weighted by atomic mass is 16.5. The smallest absolute Gasteiger partial charge is 0.404 e. The number of hydrogen-bond donors (Lipinski definition) is 3. The van der Waals surface area contributed by atoms with Gasteiger partial charge in [0.2, 0.25) is 0 Å². The Morgan fingerprint density at radius 3 is 2.57 bits per heavy atom. The van der Waals surface area contributed by atoms with Gasteiger partial charge in [-0.15, -0.1) is 0 Å². The van der Waals surface area contributed by atoms with Crippen LogP contribution in [0.3, 0.4) is 0 Å². The average molecular weight is 287 g/mol. The lowest BCUT2D eigenvalue weighted by molar-refractivity contribution is 0.194. The molecule has 2 aromatic carbocycles. The van der Waals surface area contributed by atoms with Crippen molar-refractivity contribution in [3.8, 4) is 11.5 Å². The summed E-state index contributed by atoms with van der Waals surface area (Å²) in [6.07, 6.45) is -0.412. The minimum absolute atomic E-state index is 0.0991. The second-order valence-electron chi connectivity index (χ2n) is 4.61. The molecule has 0 unspecified atom stereocenters. The van der Waals surface area contributed by atoms with Crippen LogP contribution < -0.4 is 10.1 Å². The summed E-state index contributed by atoms with van der Waals surface area (Å²) < 4.78 is 5.09. The molecule has 0 aliphatic heterocycles. The van der Waals surface area contributed by atoms with Crippen LogP contribution in [-0.4, -0.2) is 23.4 Å². The molecule has 0 radical (unpaired) electrons. The molecule has 0 heterocycles. The van der Waals surface area contributed by atoms with Crippen molar-refractivity contribution >= 4 is 6.09 Å². The maximum absolute atomic E-state index is 10.6. The van der Waals surface area contributed by atoms with Gasteiger partial charge in [-0.3, -0.25) is 0 Å². The molecule has 21 heavy (non-hydrogen) atoms. The van der Waals surface area contributed by atoms with E-state index < -0.39 is 6.09 Å². The molecule has 3 N–H and O–H groups in total. The van der Waals surface area contributed by atoms with Crippen molar-refractivity contribution in [3.63, 3.8) is 0 Å². The lowest BCUT2D eigenvalue weighted by atomic mass is 9.99. The second-order valence-corrected chi connectivity index (χ2v) is 4.61. The van der Waals surface area contributed by atoms with Gasteiger partial charge in [-0.1, -0.05) is 30.3 Å². The fourth-order valence-electron chi connectivity index (χ4n) is 2.13. The molecule has 1 amide bonds. The van der Waals surface area contributed by atoms with Gasteiger partial charge in [0.25, 0.3) is 0 Å². The van der Waals surface area contributed by atoms with Gasteiger partial charge in [0.15, 0.2) is 11.5 Å². The third kappa shape index (κ3) is 3.89. The van der Waals surface area contributed by atoms with E-state index in [1.54, 1.807) is 12.1 Å².